The van der Waals surface area contributed by atoms with Crippen molar-refractivity contribution in [2.45, 2.75) is 39.2 Å². The molecule has 2 nitrogen and oxygen atoms in total. The molecule has 0 spiro atoms. The molecule has 1 atom stereocenters. The summed E-state index contributed by atoms with van der Waals surface area (Å²) in [5.74, 6) is 0.668. The summed E-state index contributed by atoms with van der Waals surface area (Å²) in [5.41, 5.74) is 0. The van der Waals surface area contributed by atoms with E-state index < -0.39 is 0 Å². The van der Waals surface area contributed by atoms with Gasteiger partial charge in [-0.2, -0.15) is 0 Å². The topological polar surface area (TPSA) is 21.3 Å². The lowest BCUT2D eigenvalue weighted by Crippen LogP contribution is -2.23. The summed E-state index contributed by atoms with van der Waals surface area (Å²) in [6.45, 7) is 7.42. The first-order chi connectivity index (χ1) is 5.79. The van der Waals surface area contributed by atoms with Gasteiger partial charge in [-0.05, 0) is 31.7 Å². The minimum absolute atomic E-state index is 0.668. The third-order valence-corrected chi connectivity index (χ3v) is 2.22. The minimum atomic E-state index is 0.668. The maximum atomic E-state index is 5.52. The Morgan fingerprint density at radius 2 is 2.33 bits per heavy atom. The van der Waals surface area contributed by atoms with E-state index in [9.17, 15) is 0 Å². The first-order valence-electron chi connectivity index (χ1n) is 5.10. The first kappa shape index (κ1) is 10.0. The van der Waals surface area contributed by atoms with E-state index in [1.807, 2.05) is 0 Å². The molecule has 0 saturated carbocycles. The van der Waals surface area contributed by atoms with E-state index in [0.717, 1.165) is 19.3 Å². The molecule has 1 rings (SSSR count). The molecule has 2 heteroatoms. The quantitative estimate of drug-likeness (QED) is 0.637. The van der Waals surface area contributed by atoms with E-state index in [4.69, 9.17) is 4.74 Å². The largest absolute Gasteiger partial charge is 0.381 e. The smallest absolute Gasteiger partial charge is 0.0489 e. The Hall–Kier alpha value is -0.0800. The first-order valence-corrected chi connectivity index (χ1v) is 5.10. The Morgan fingerprint density at radius 1 is 1.50 bits per heavy atom. The van der Waals surface area contributed by atoms with Gasteiger partial charge >= 0.3 is 0 Å². The van der Waals surface area contributed by atoms with Gasteiger partial charge in [0, 0.05) is 19.3 Å². The van der Waals surface area contributed by atoms with Gasteiger partial charge in [-0.3, -0.25) is 0 Å². The van der Waals surface area contributed by atoms with Crippen LogP contribution in [0.15, 0.2) is 0 Å². The Labute approximate surface area is 75.7 Å². The normalized spacial score (nSPS) is 23.8. The van der Waals surface area contributed by atoms with E-state index in [-0.39, 0.29) is 0 Å². The van der Waals surface area contributed by atoms with Crippen LogP contribution in [0.3, 0.4) is 0 Å². The zero-order valence-electron chi connectivity index (χ0n) is 8.31. The van der Waals surface area contributed by atoms with Crippen LogP contribution in [0.5, 0.6) is 0 Å². The third-order valence-electron chi connectivity index (χ3n) is 2.22. The molecule has 1 unspecified atom stereocenters. The average molecular weight is 171 g/mol. The number of ether oxygens (including phenoxy) is 1. The lowest BCUT2D eigenvalue weighted by molar-refractivity contribution is 0.103. The standard InChI is InChI=1S/C10H21NO/c1-9(2)8-12-7-5-10-4-3-6-11-10/h9-11H,3-8H2,1-2H3. The second-order valence-corrected chi connectivity index (χ2v) is 4.05. The highest BCUT2D eigenvalue weighted by Crippen LogP contribution is 2.08. The molecule has 0 aromatic carbocycles. The summed E-state index contributed by atoms with van der Waals surface area (Å²) in [6, 6.07) is 0.733. The van der Waals surface area contributed by atoms with E-state index in [0.29, 0.717) is 5.92 Å². The molecule has 1 saturated heterocycles. The molecule has 1 fully saturated rings. The molecule has 0 radical (unpaired) electrons. The van der Waals surface area contributed by atoms with E-state index >= 15 is 0 Å². The predicted octanol–water partition coefficient (Wildman–Crippen LogP) is 1.80. The van der Waals surface area contributed by atoms with Gasteiger partial charge in [0.25, 0.3) is 0 Å². The van der Waals surface area contributed by atoms with Crippen LogP contribution in [0.25, 0.3) is 0 Å². The van der Waals surface area contributed by atoms with Crippen molar-refractivity contribution in [2.75, 3.05) is 19.8 Å². The molecule has 1 heterocycles. The summed E-state index contributed by atoms with van der Waals surface area (Å²) in [4.78, 5) is 0. The van der Waals surface area contributed by atoms with Gasteiger partial charge in [0.15, 0.2) is 0 Å². The molecular formula is C10H21NO. The molecule has 12 heavy (non-hydrogen) atoms. The van der Waals surface area contributed by atoms with Crippen molar-refractivity contribution in [1.29, 1.82) is 0 Å². The van der Waals surface area contributed by atoms with Gasteiger partial charge in [-0.1, -0.05) is 13.8 Å². The van der Waals surface area contributed by atoms with Crippen LogP contribution in [0.4, 0.5) is 0 Å². The number of nitrogens with one attached hydrogen (secondary N) is 1. The zero-order chi connectivity index (χ0) is 8.81. The lowest BCUT2D eigenvalue weighted by atomic mass is 10.2. The fourth-order valence-corrected chi connectivity index (χ4v) is 1.55. The summed E-state index contributed by atoms with van der Waals surface area (Å²) in [5, 5.41) is 3.46. The molecule has 1 N–H and O–H groups in total. The van der Waals surface area contributed by atoms with Gasteiger partial charge in [0.1, 0.15) is 0 Å². The van der Waals surface area contributed by atoms with Crippen LogP contribution in [0.2, 0.25) is 0 Å². The van der Waals surface area contributed by atoms with Crippen LogP contribution >= 0.6 is 0 Å². The van der Waals surface area contributed by atoms with E-state index in [1.54, 1.807) is 0 Å². The minimum Gasteiger partial charge on any atom is -0.381 e. The summed E-state index contributed by atoms with van der Waals surface area (Å²) >= 11 is 0. The summed E-state index contributed by atoms with van der Waals surface area (Å²) in [6.07, 6.45) is 3.87. The highest BCUT2D eigenvalue weighted by Gasteiger charge is 2.12. The Morgan fingerprint density at radius 3 is 2.92 bits per heavy atom. The molecule has 72 valence electrons. The van der Waals surface area contributed by atoms with Gasteiger partial charge in [-0.25, -0.2) is 0 Å². The number of hydrogen-bond donors (Lipinski definition) is 1. The molecule has 0 amide bonds. The van der Waals surface area contributed by atoms with Crippen molar-refractivity contribution >= 4 is 0 Å². The van der Waals surface area contributed by atoms with Crippen molar-refractivity contribution in [3.8, 4) is 0 Å². The SMILES string of the molecule is CC(C)COCCC1CCCN1. The van der Waals surface area contributed by atoms with Crippen molar-refractivity contribution in [2.24, 2.45) is 5.92 Å². The van der Waals surface area contributed by atoms with Gasteiger partial charge < -0.3 is 10.1 Å². The van der Waals surface area contributed by atoms with E-state index in [1.165, 1.54) is 25.8 Å². The van der Waals surface area contributed by atoms with Gasteiger partial charge in [0.2, 0.25) is 0 Å². The Balaban J connectivity index is 1.88. The van der Waals surface area contributed by atoms with Crippen molar-refractivity contribution in [3.63, 3.8) is 0 Å². The zero-order valence-corrected chi connectivity index (χ0v) is 8.31. The van der Waals surface area contributed by atoms with Crippen LogP contribution in [0.1, 0.15) is 33.1 Å². The van der Waals surface area contributed by atoms with Crippen LogP contribution in [-0.2, 0) is 4.74 Å². The average Bonchev–Trinajstić information content (AvgIpc) is 2.49. The summed E-state index contributed by atoms with van der Waals surface area (Å²) in [7, 11) is 0. The maximum absolute atomic E-state index is 5.52. The Bertz CT molecular complexity index is 108. The van der Waals surface area contributed by atoms with E-state index in [2.05, 4.69) is 19.2 Å². The van der Waals surface area contributed by atoms with Crippen LogP contribution in [-0.4, -0.2) is 25.8 Å². The fourth-order valence-electron chi connectivity index (χ4n) is 1.55. The van der Waals surface area contributed by atoms with Crippen LogP contribution < -0.4 is 5.32 Å². The molecule has 1 aliphatic heterocycles. The second-order valence-electron chi connectivity index (χ2n) is 4.05. The fraction of sp³-hybridized carbons (Fsp3) is 1.00. The second kappa shape index (κ2) is 5.55. The highest BCUT2D eigenvalue weighted by molar-refractivity contribution is 4.73. The molecule has 0 bridgehead atoms. The third kappa shape index (κ3) is 4.07. The molecule has 0 aromatic rings. The van der Waals surface area contributed by atoms with Crippen molar-refractivity contribution < 1.29 is 4.74 Å². The monoisotopic (exact) mass is 171 g/mol. The Kier molecular flexibility index (Phi) is 4.62. The van der Waals surface area contributed by atoms with Gasteiger partial charge in [0.05, 0.1) is 0 Å². The lowest BCUT2D eigenvalue weighted by Gasteiger charge is -2.11. The molecule has 0 aromatic heterocycles. The highest BCUT2D eigenvalue weighted by atomic mass is 16.5. The van der Waals surface area contributed by atoms with Crippen LogP contribution in [0, 0.1) is 5.92 Å². The number of hydrogen-bond acceptors (Lipinski definition) is 2. The predicted molar refractivity (Wildman–Crippen MR) is 51.3 cm³/mol. The van der Waals surface area contributed by atoms with Crippen molar-refractivity contribution in [1.82, 2.24) is 5.32 Å². The number of rotatable bonds is 5. The van der Waals surface area contributed by atoms with Gasteiger partial charge in [-0.15, -0.1) is 0 Å². The molecular weight excluding hydrogens is 150 g/mol. The molecule has 0 aliphatic carbocycles. The molecule has 1 aliphatic rings. The van der Waals surface area contributed by atoms with Crippen molar-refractivity contribution in [3.05, 3.63) is 0 Å². The summed E-state index contributed by atoms with van der Waals surface area (Å²) < 4.78 is 5.52. The maximum Gasteiger partial charge on any atom is 0.0489 e.